The number of nitrogens with one attached hydrogen (secondary N) is 2. The van der Waals surface area contributed by atoms with E-state index in [-0.39, 0.29) is 28.2 Å². The van der Waals surface area contributed by atoms with Crippen molar-refractivity contribution in [1.29, 1.82) is 0 Å². The standard InChI is InChI=1S/C17H30N4O2S2.HI/c1-4-19-17(21-14-7-5-13(6-8-14)12(2)3)20-11-15-9-10-16(24-15)25(18,22)23;/h9-10,12-14H,4-8,11H2,1-3H3,(H2,18,22,23)(H2,19,20,21);1H. The van der Waals surface area contributed by atoms with Crippen LogP contribution in [0.4, 0.5) is 0 Å². The summed E-state index contributed by atoms with van der Waals surface area (Å²) in [5.41, 5.74) is 0. The molecule has 1 aromatic heterocycles. The summed E-state index contributed by atoms with van der Waals surface area (Å²) < 4.78 is 22.9. The number of rotatable bonds is 6. The van der Waals surface area contributed by atoms with E-state index in [4.69, 9.17) is 5.14 Å². The Balaban J connectivity index is 0.00000338. The molecule has 0 aromatic carbocycles. The first-order valence-corrected chi connectivity index (χ1v) is 11.3. The maximum absolute atomic E-state index is 11.4. The van der Waals surface area contributed by atoms with Gasteiger partial charge in [-0.2, -0.15) is 0 Å². The Labute approximate surface area is 178 Å². The third-order valence-corrected chi connectivity index (χ3v) is 7.22. The Morgan fingerprint density at radius 1 is 1.31 bits per heavy atom. The largest absolute Gasteiger partial charge is 0.357 e. The van der Waals surface area contributed by atoms with Crippen molar-refractivity contribution in [2.45, 2.75) is 63.3 Å². The van der Waals surface area contributed by atoms with Gasteiger partial charge in [0.1, 0.15) is 4.21 Å². The maximum Gasteiger partial charge on any atom is 0.247 e. The van der Waals surface area contributed by atoms with Gasteiger partial charge in [0.15, 0.2) is 5.96 Å². The van der Waals surface area contributed by atoms with E-state index in [1.807, 2.05) is 6.92 Å². The Morgan fingerprint density at radius 2 is 1.96 bits per heavy atom. The molecule has 0 bridgehead atoms. The zero-order chi connectivity index (χ0) is 18.4. The van der Waals surface area contributed by atoms with E-state index >= 15 is 0 Å². The molecule has 1 aromatic rings. The van der Waals surface area contributed by atoms with Crippen molar-refractivity contribution in [3.63, 3.8) is 0 Å². The highest BCUT2D eigenvalue weighted by Gasteiger charge is 2.23. The second-order valence-electron chi connectivity index (χ2n) is 6.96. The molecule has 4 N–H and O–H groups in total. The molecule has 6 nitrogen and oxygen atoms in total. The van der Waals surface area contributed by atoms with E-state index in [2.05, 4.69) is 29.5 Å². The number of nitrogens with zero attached hydrogens (tertiary/aromatic N) is 1. The monoisotopic (exact) mass is 514 g/mol. The van der Waals surface area contributed by atoms with Gasteiger partial charge < -0.3 is 10.6 Å². The van der Waals surface area contributed by atoms with Crippen LogP contribution in [-0.2, 0) is 16.6 Å². The summed E-state index contributed by atoms with van der Waals surface area (Å²) in [5.74, 6) is 2.39. The molecule has 0 amide bonds. The Morgan fingerprint density at radius 3 is 2.46 bits per heavy atom. The van der Waals surface area contributed by atoms with Crippen LogP contribution in [-0.4, -0.2) is 27.0 Å². The minimum Gasteiger partial charge on any atom is -0.357 e. The van der Waals surface area contributed by atoms with Crippen LogP contribution in [0.2, 0.25) is 0 Å². The first kappa shape index (κ1) is 23.6. The van der Waals surface area contributed by atoms with Crippen LogP contribution in [0, 0.1) is 11.8 Å². The van der Waals surface area contributed by atoms with Crippen LogP contribution >= 0.6 is 35.3 Å². The van der Waals surface area contributed by atoms with Crippen LogP contribution in [0.15, 0.2) is 21.3 Å². The number of primary sulfonamides is 1. The van der Waals surface area contributed by atoms with Gasteiger partial charge in [-0.3, -0.25) is 0 Å². The zero-order valence-electron chi connectivity index (χ0n) is 15.7. The summed E-state index contributed by atoms with van der Waals surface area (Å²) in [6.45, 7) is 7.88. The molecule has 9 heteroatoms. The molecule has 1 fully saturated rings. The molecule has 1 aliphatic rings. The van der Waals surface area contributed by atoms with Crippen LogP contribution < -0.4 is 15.8 Å². The zero-order valence-corrected chi connectivity index (χ0v) is 19.7. The number of nitrogens with two attached hydrogens (primary N) is 1. The molecular weight excluding hydrogens is 483 g/mol. The molecule has 1 saturated carbocycles. The van der Waals surface area contributed by atoms with E-state index < -0.39 is 10.0 Å². The predicted octanol–water partition coefficient (Wildman–Crippen LogP) is 3.28. The van der Waals surface area contributed by atoms with Crippen molar-refractivity contribution in [3.05, 3.63) is 17.0 Å². The highest BCUT2D eigenvalue weighted by atomic mass is 127. The van der Waals surface area contributed by atoms with Gasteiger partial charge in [0.2, 0.25) is 10.0 Å². The van der Waals surface area contributed by atoms with Gasteiger partial charge in [-0.05, 0) is 56.6 Å². The van der Waals surface area contributed by atoms with Crippen LogP contribution in [0.3, 0.4) is 0 Å². The molecule has 2 rings (SSSR count). The van der Waals surface area contributed by atoms with Crippen molar-refractivity contribution < 1.29 is 8.42 Å². The highest BCUT2D eigenvalue weighted by molar-refractivity contribution is 14.0. The lowest BCUT2D eigenvalue weighted by atomic mass is 9.80. The fraction of sp³-hybridized carbons (Fsp3) is 0.706. The summed E-state index contributed by atoms with van der Waals surface area (Å²) in [5, 5.41) is 11.9. The maximum atomic E-state index is 11.4. The third-order valence-electron chi connectivity index (χ3n) is 4.71. The van der Waals surface area contributed by atoms with Gasteiger partial charge >= 0.3 is 0 Å². The molecule has 1 heterocycles. The number of sulfonamides is 1. The number of aliphatic imine (C=N–C) groups is 1. The number of thiophene rings is 1. The molecule has 150 valence electrons. The van der Waals surface area contributed by atoms with Crippen LogP contribution in [0.1, 0.15) is 51.3 Å². The van der Waals surface area contributed by atoms with E-state index in [1.165, 1.54) is 37.0 Å². The molecule has 0 saturated heterocycles. The number of guanidine groups is 1. The molecule has 0 radical (unpaired) electrons. The van der Waals surface area contributed by atoms with Crippen molar-refractivity contribution >= 4 is 51.3 Å². The average Bonchev–Trinajstić information content (AvgIpc) is 3.02. The normalized spacial score (nSPS) is 21.3. The minimum atomic E-state index is -3.63. The Kier molecular flexibility index (Phi) is 9.84. The summed E-state index contributed by atoms with van der Waals surface area (Å²) in [4.78, 5) is 5.48. The Hall–Kier alpha value is -0.390. The van der Waals surface area contributed by atoms with Gasteiger partial charge in [-0.25, -0.2) is 18.5 Å². The van der Waals surface area contributed by atoms with Crippen molar-refractivity contribution in [2.24, 2.45) is 22.0 Å². The fourth-order valence-electron chi connectivity index (χ4n) is 3.20. The lowest BCUT2D eigenvalue weighted by Gasteiger charge is -2.32. The third kappa shape index (κ3) is 7.32. The highest BCUT2D eigenvalue weighted by Crippen LogP contribution is 2.29. The van der Waals surface area contributed by atoms with Crippen molar-refractivity contribution in [3.8, 4) is 0 Å². The molecule has 1 aliphatic carbocycles. The van der Waals surface area contributed by atoms with E-state index in [0.717, 1.165) is 29.2 Å². The quantitative estimate of drug-likeness (QED) is 0.309. The van der Waals surface area contributed by atoms with Gasteiger partial charge in [0.05, 0.1) is 6.54 Å². The summed E-state index contributed by atoms with van der Waals surface area (Å²) >= 11 is 1.17. The van der Waals surface area contributed by atoms with Gasteiger partial charge in [0.25, 0.3) is 0 Å². The van der Waals surface area contributed by atoms with Crippen LogP contribution in [0.25, 0.3) is 0 Å². The molecular formula is C17H31IN4O2S2. The topological polar surface area (TPSA) is 96.6 Å². The summed E-state index contributed by atoms with van der Waals surface area (Å²) in [6, 6.07) is 3.76. The van der Waals surface area contributed by atoms with E-state index in [0.29, 0.717) is 12.6 Å². The Bertz CT molecular complexity index is 681. The van der Waals surface area contributed by atoms with Gasteiger partial charge in [-0.15, -0.1) is 35.3 Å². The molecule has 0 spiro atoms. The molecule has 0 unspecified atom stereocenters. The average molecular weight is 514 g/mol. The van der Waals surface area contributed by atoms with E-state index in [9.17, 15) is 8.42 Å². The predicted molar refractivity (Wildman–Crippen MR) is 120 cm³/mol. The smallest absolute Gasteiger partial charge is 0.247 e. The SMILES string of the molecule is CCNC(=NCc1ccc(S(N)(=O)=O)s1)NC1CCC(C(C)C)CC1.I. The summed E-state index contributed by atoms with van der Waals surface area (Å²) in [7, 11) is -3.63. The number of halogens is 1. The fourth-order valence-corrected chi connectivity index (χ4v) is 4.90. The summed E-state index contributed by atoms with van der Waals surface area (Å²) in [6.07, 6.45) is 4.86. The first-order chi connectivity index (χ1) is 11.8. The molecule has 0 atom stereocenters. The lowest BCUT2D eigenvalue weighted by molar-refractivity contribution is 0.250. The minimum absolute atomic E-state index is 0. The molecule has 0 aliphatic heterocycles. The van der Waals surface area contributed by atoms with Gasteiger partial charge in [-0.1, -0.05) is 13.8 Å². The van der Waals surface area contributed by atoms with Gasteiger partial charge in [0, 0.05) is 17.5 Å². The van der Waals surface area contributed by atoms with E-state index in [1.54, 1.807) is 12.1 Å². The number of hydrogen-bond acceptors (Lipinski definition) is 4. The van der Waals surface area contributed by atoms with Crippen molar-refractivity contribution in [2.75, 3.05) is 6.54 Å². The number of hydrogen-bond donors (Lipinski definition) is 3. The molecule has 26 heavy (non-hydrogen) atoms. The second kappa shape index (κ2) is 10.8. The second-order valence-corrected chi connectivity index (χ2v) is 9.92. The van der Waals surface area contributed by atoms with Crippen molar-refractivity contribution in [1.82, 2.24) is 10.6 Å². The lowest BCUT2D eigenvalue weighted by Crippen LogP contribution is -2.45. The first-order valence-electron chi connectivity index (χ1n) is 8.96. The van der Waals surface area contributed by atoms with Crippen LogP contribution in [0.5, 0.6) is 0 Å².